The summed E-state index contributed by atoms with van der Waals surface area (Å²) < 4.78 is 5.58. The third kappa shape index (κ3) is 4.85. The van der Waals surface area contributed by atoms with E-state index in [0.717, 1.165) is 28.7 Å². The Labute approximate surface area is 192 Å². The van der Waals surface area contributed by atoms with Crippen molar-refractivity contribution < 1.29 is 29.3 Å². The number of amides is 2. The number of alkyl carbamates (subject to hydrolysis) is 1. The fourth-order valence-electron chi connectivity index (χ4n) is 4.90. The number of carboxylic acid groups (broad SMARTS) is 1. The molecule has 0 bridgehead atoms. The zero-order chi connectivity index (χ0) is 23.4. The summed E-state index contributed by atoms with van der Waals surface area (Å²) in [4.78, 5) is 36.5. The lowest BCUT2D eigenvalue weighted by molar-refractivity contribution is -0.143. The van der Waals surface area contributed by atoms with E-state index in [1.807, 2.05) is 36.4 Å². The number of ether oxygens (including phenoxy) is 1. The standard InChI is InChI=1S/C25H28N2O6/c28-13-12-22(24(30)31)26-23(29)19-10-5-11-21(19)27-25(32)33-14-20-17-8-3-1-6-15(17)16-7-2-4-9-18(16)20/h1-4,6-9,19-22,28H,5,10-14H2,(H,26,29)(H,27,32)(H,30,31)/t19-,21+,22-/m0/s1. The van der Waals surface area contributed by atoms with Gasteiger partial charge in [-0.05, 0) is 35.1 Å². The van der Waals surface area contributed by atoms with Crippen LogP contribution < -0.4 is 10.6 Å². The zero-order valence-corrected chi connectivity index (χ0v) is 18.2. The second kappa shape index (κ2) is 10.0. The molecule has 2 amide bonds. The van der Waals surface area contributed by atoms with Crippen molar-refractivity contribution in [2.45, 2.75) is 43.7 Å². The zero-order valence-electron chi connectivity index (χ0n) is 18.2. The van der Waals surface area contributed by atoms with Gasteiger partial charge in [0.15, 0.2) is 0 Å². The minimum atomic E-state index is -1.20. The van der Waals surface area contributed by atoms with Crippen molar-refractivity contribution in [2.24, 2.45) is 5.92 Å². The van der Waals surface area contributed by atoms with Crippen LogP contribution in [0.2, 0.25) is 0 Å². The number of carbonyl (C=O) groups is 3. The van der Waals surface area contributed by atoms with Crippen molar-refractivity contribution in [3.63, 3.8) is 0 Å². The lowest BCUT2D eigenvalue weighted by Crippen LogP contribution is -2.49. The average Bonchev–Trinajstić information content (AvgIpc) is 3.40. The fraction of sp³-hybridized carbons (Fsp3) is 0.400. The normalized spacial score (nSPS) is 19.9. The van der Waals surface area contributed by atoms with E-state index in [1.54, 1.807) is 0 Å². The van der Waals surface area contributed by atoms with Crippen LogP contribution in [0, 0.1) is 5.92 Å². The topological polar surface area (TPSA) is 125 Å². The number of benzene rings is 2. The second-order valence-corrected chi connectivity index (χ2v) is 8.53. The van der Waals surface area contributed by atoms with Gasteiger partial charge in [0, 0.05) is 25.0 Å². The van der Waals surface area contributed by atoms with Crippen molar-refractivity contribution in [2.75, 3.05) is 13.2 Å². The summed E-state index contributed by atoms with van der Waals surface area (Å²) in [5.41, 5.74) is 4.53. The Bertz CT molecular complexity index is 994. The minimum Gasteiger partial charge on any atom is -0.480 e. The Morgan fingerprint density at radius 3 is 2.24 bits per heavy atom. The number of carboxylic acids is 1. The van der Waals surface area contributed by atoms with Crippen LogP contribution >= 0.6 is 0 Å². The Balaban J connectivity index is 1.36. The fourth-order valence-corrected chi connectivity index (χ4v) is 4.90. The second-order valence-electron chi connectivity index (χ2n) is 8.53. The molecule has 2 aromatic rings. The van der Waals surface area contributed by atoms with Gasteiger partial charge in [-0.1, -0.05) is 55.0 Å². The van der Waals surface area contributed by atoms with E-state index in [0.29, 0.717) is 12.8 Å². The lowest BCUT2D eigenvalue weighted by atomic mass is 9.98. The first-order valence-corrected chi connectivity index (χ1v) is 11.2. The molecule has 3 atom stereocenters. The molecule has 2 aliphatic carbocycles. The number of aliphatic hydroxyl groups is 1. The summed E-state index contributed by atoms with van der Waals surface area (Å²) in [5, 5.41) is 23.5. The van der Waals surface area contributed by atoms with Gasteiger partial charge >= 0.3 is 12.1 Å². The highest BCUT2D eigenvalue weighted by Gasteiger charge is 2.36. The summed E-state index contributed by atoms with van der Waals surface area (Å²) in [7, 11) is 0. The van der Waals surface area contributed by atoms with Gasteiger partial charge in [-0.2, -0.15) is 0 Å². The number of carbonyl (C=O) groups excluding carboxylic acids is 2. The molecule has 0 spiro atoms. The van der Waals surface area contributed by atoms with Gasteiger partial charge in [-0.25, -0.2) is 9.59 Å². The molecule has 1 saturated carbocycles. The van der Waals surface area contributed by atoms with E-state index in [-0.39, 0.29) is 25.6 Å². The van der Waals surface area contributed by atoms with Crippen molar-refractivity contribution in [1.29, 1.82) is 0 Å². The van der Waals surface area contributed by atoms with Gasteiger partial charge in [0.1, 0.15) is 12.6 Å². The number of hydrogen-bond acceptors (Lipinski definition) is 5. The van der Waals surface area contributed by atoms with Crippen molar-refractivity contribution in [3.05, 3.63) is 59.7 Å². The number of nitrogens with one attached hydrogen (secondary N) is 2. The number of rotatable bonds is 8. The van der Waals surface area contributed by atoms with Gasteiger partial charge in [0.05, 0.1) is 5.92 Å². The first kappa shape index (κ1) is 22.8. The Kier molecular flexibility index (Phi) is 6.93. The van der Waals surface area contributed by atoms with Crippen LogP contribution in [-0.4, -0.2) is 53.5 Å². The first-order chi connectivity index (χ1) is 16.0. The van der Waals surface area contributed by atoms with Crippen molar-refractivity contribution >= 4 is 18.0 Å². The van der Waals surface area contributed by atoms with Gasteiger partial charge in [-0.3, -0.25) is 4.79 Å². The van der Waals surface area contributed by atoms with E-state index in [4.69, 9.17) is 9.84 Å². The quantitative estimate of drug-likeness (QED) is 0.488. The minimum absolute atomic E-state index is 0.0550. The third-order valence-corrected chi connectivity index (χ3v) is 6.53. The molecule has 0 aliphatic heterocycles. The molecular formula is C25H28N2O6. The molecule has 8 heteroatoms. The molecule has 0 saturated heterocycles. The van der Waals surface area contributed by atoms with Crippen LogP contribution in [0.3, 0.4) is 0 Å². The summed E-state index contributed by atoms with van der Waals surface area (Å²) >= 11 is 0. The molecule has 0 aromatic heterocycles. The molecule has 1 fully saturated rings. The summed E-state index contributed by atoms with van der Waals surface area (Å²) in [6.07, 6.45) is 1.24. The molecule has 174 valence electrons. The van der Waals surface area contributed by atoms with E-state index in [1.165, 1.54) is 0 Å². The Morgan fingerprint density at radius 2 is 1.64 bits per heavy atom. The highest BCUT2D eigenvalue weighted by Crippen LogP contribution is 2.44. The molecule has 33 heavy (non-hydrogen) atoms. The monoisotopic (exact) mass is 452 g/mol. The highest BCUT2D eigenvalue weighted by molar-refractivity contribution is 5.86. The smallest absolute Gasteiger partial charge is 0.407 e. The number of aliphatic hydroxyl groups excluding tert-OH is 1. The maximum atomic E-state index is 12.6. The molecule has 2 aliphatic rings. The van der Waals surface area contributed by atoms with Gasteiger partial charge < -0.3 is 25.6 Å². The third-order valence-electron chi connectivity index (χ3n) is 6.53. The molecule has 0 radical (unpaired) electrons. The van der Waals surface area contributed by atoms with Gasteiger partial charge in [0.2, 0.25) is 5.91 Å². The summed E-state index contributed by atoms with van der Waals surface area (Å²) in [6, 6.07) is 14.6. The highest BCUT2D eigenvalue weighted by atomic mass is 16.5. The van der Waals surface area contributed by atoms with Crippen LogP contribution in [0.15, 0.2) is 48.5 Å². The molecular weight excluding hydrogens is 424 g/mol. The Hall–Kier alpha value is -3.39. The molecule has 8 nitrogen and oxygen atoms in total. The number of hydrogen-bond donors (Lipinski definition) is 4. The number of aliphatic carboxylic acids is 1. The maximum Gasteiger partial charge on any atom is 0.407 e. The van der Waals surface area contributed by atoms with Gasteiger partial charge in [0.25, 0.3) is 0 Å². The predicted molar refractivity (Wildman–Crippen MR) is 121 cm³/mol. The van der Waals surface area contributed by atoms with Crippen molar-refractivity contribution in [1.82, 2.24) is 10.6 Å². The summed E-state index contributed by atoms with van der Waals surface area (Å²) in [6.45, 7) is -0.162. The predicted octanol–water partition coefficient (Wildman–Crippen LogP) is 2.65. The van der Waals surface area contributed by atoms with Gasteiger partial charge in [-0.15, -0.1) is 0 Å². The van der Waals surface area contributed by atoms with Crippen LogP contribution in [0.4, 0.5) is 4.79 Å². The number of fused-ring (bicyclic) bond motifs is 3. The van der Waals surface area contributed by atoms with E-state index < -0.39 is 36.0 Å². The average molecular weight is 453 g/mol. The van der Waals surface area contributed by atoms with E-state index >= 15 is 0 Å². The SMILES string of the molecule is O=C(N[C@@H]1CCC[C@@H]1C(=O)N[C@@H](CCO)C(=O)O)OCC1c2ccccc2-c2ccccc21. The van der Waals surface area contributed by atoms with Crippen LogP contribution in [0.1, 0.15) is 42.7 Å². The van der Waals surface area contributed by atoms with Crippen LogP contribution in [0.25, 0.3) is 11.1 Å². The molecule has 4 rings (SSSR count). The molecule has 0 unspecified atom stereocenters. The van der Waals surface area contributed by atoms with Crippen molar-refractivity contribution in [3.8, 4) is 11.1 Å². The van der Waals surface area contributed by atoms with Crippen LogP contribution in [-0.2, 0) is 14.3 Å². The summed E-state index contributed by atoms with van der Waals surface area (Å²) in [5.74, 6) is -2.22. The van der Waals surface area contributed by atoms with E-state index in [9.17, 15) is 19.5 Å². The lowest BCUT2D eigenvalue weighted by Gasteiger charge is -2.23. The Morgan fingerprint density at radius 1 is 1.00 bits per heavy atom. The molecule has 2 aromatic carbocycles. The largest absolute Gasteiger partial charge is 0.480 e. The maximum absolute atomic E-state index is 12.6. The first-order valence-electron chi connectivity index (χ1n) is 11.2. The molecule has 0 heterocycles. The molecule has 4 N–H and O–H groups in total. The van der Waals surface area contributed by atoms with E-state index in [2.05, 4.69) is 22.8 Å². The van der Waals surface area contributed by atoms with Crippen LogP contribution in [0.5, 0.6) is 0 Å².